The maximum Gasteiger partial charge on any atom is 0.260 e. The first-order chi connectivity index (χ1) is 9.00. The maximum absolute atomic E-state index is 12.0. The zero-order valence-electron chi connectivity index (χ0n) is 11.3. The summed E-state index contributed by atoms with van der Waals surface area (Å²) in [5.41, 5.74) is 0.796. The van der Waals surface area contributed by atoms with E-state index in [1.165, 1.54) is 0 Å². The highest BCUT2D eigenvalue weighted by molar-refractivity contribution is 5.78. The molecule has 1 amide bonds. The van der Waals surface area contributed by atoms with Gasteiger partial charge in [0.05, 0.1) is 11.6 Å². The van der Waals surface area contributed by atoms with Crippen molar-refractivity contribution in [1.82, 2.24) is 4.90 Å². The van der Waals surface area contributed by atoms with Crippen molar-refractivity contribution in [1.29, 1.82) is 5.26 Å². The van der Waals surface area contributed by atoms with Gasteiger partial charge in [-0.15, -0.1) is 0 Å². The van der Waals surface area contributed by atoms with Crippen LogP contribution in [0.25, 0.3) is 0 Å². The third-order valence-electron chi connectivity index (χ3n) is 3.38. The highest BCUT2D eigenvalue weighted by Crippen LogP contribution is 2.28. The molecule has 19 heavy (non-hydrogen) atoms. The summed E-state index contributed by atoms with van der Waals surface area (Å²) >= 11 is 0. The summed E-state index contributed by atoms with van der Waals surface area (Å²) in [6.07, 6.45) is 1.04. The lowest BCUT2D eigenvalue weighted by Crippen LogP contribution is -2.34. The summed E-state index contributed by atoms with van der Waals surface area (Å²) in [6, 6.07) is 8.82. The van der Waals surface area contributed by atoms with Gasteiger partial charge < -0.3 is 9.64 Å². The van der Waals surface area contributed by atoms with Crippen LogP contribution in [0.5, 0.6) is 5.75 Å². The molecular weight excluding hydrogens is 240 g/mol. The van der Waals surface area contributed by atoms with E-state index in [4.69, 9.17) is 10.00 Å². The molecule has 1 aliphatic rings. The summed E-state index contributed by atoms with van der Waals surface area (Å²) in [4.78, 5) is 13.8. The van der Waals surface area contributed by atoms with Crippen molar-refractivity contribution in [2.75, 3.05) is 19.7 Å². The first-order valence-corrected chi connectivity index (χ1v) is 6.41. The molecule has 0 unspecified atom stereocenters. The fourth-order valence-electron chi connectivity index (χ4n) is 2.19. The van der Waals surface area contributed by atoms with E-state index in [0.29, 0.717) is 11.3 Å². The van der Waals surface area contributed by atoms with Crippen LogP contribution in [0, 0.1) is 16.7 Å². The third-order valence-corrected chi connectivity index (χ3v) is 3.38. The van der Waals surface area contributed by atoms with Crippen molar-refractivity contribution < 1.29 is 9.53 Å². The van der Waals surface area contributed by atoms with Crippen LogP contribution in [0.3, 0.4) is 0 Å². The number of nitrogens with zero attached hydrogens (tertiary/aromatic N) is 2. The van der Waals surface area contributed by atoms with Gasteiger partial charge in [-0.1, -0.05) is 13.8 Å². The molecule has 0 bridgehead atoms. The van der Waals surface area contributed by atoms with Crippen LogP contribution in [0.1, 0.15) is 25.8 Å². The Labute approximate surface area is 113 Å². The number of benzene rings is 1. The average molecular weight is 258 g/mol. The second-order valence-corrected chi connectivity index (χ2v) is 5.65. The van der Waals surface area contributed by atoms with Crippen LogP contribution < -0.4 is 4.74 Å². The molecule has 4 heteroatoms. The lowest BCUT2D eigenvalue weighted by molar-refractivity contribution is -0.132. The molecule has 1 aliphatic heterocycles. The molecule has 0 aliphatic carbocycles. The molecule has 1 heterocycles. The molecule has 0 aromatic heterocycles. The van der Waals surface area contributed by atoms with Gasteiger partial charge in [-0.3, -0.25) is 4.79 Å². The quantitative estimate of drug-likeness (QED) is 0.835. The minimum Gasteiger partial charge on any atom is -0.484 e. The Kier molecular flexibility index (Phi) is 3.75. The number of carbonyl (C=O) groups excluding carboxylic acids is 1. The standard InChI is InChI=1S/C15H18N2O2/c1-15(2)7-8-17(11-15)14(18)10-19-13-5-3-12(9-16)4-6-13/h3-6H,7-8,10-11H2,1-2H3. The lowest BCUT2D eigenvalue weighted by atomic mass is 9.93. The molecule has 100 valence electrons. The highest BCUT2D eigenvalue weighted by Gasteiger charge is 2.31. The number of likely N-dealkylation sites (tertiary alicyclic amines) is 1. The second-order valence-electron chi connectivity index (χ2n) is 5.65. The zero-order valence-corrected chi connectivity index (χ0v) is 11.3. The van der Waals surface area contributed by atoms with E-state index in [1.54, 1.807) is 24.3 Å². The number of amides is 1. The van der Waals surface area contributed by atoms with E-state index in [-0.39, 0.29) is 17.9 Å². The molecule has 0 atom stereocenters. The topological polar surface area (TPSA) is 53.3 Å². The second kappa shape index (κ2) is 5.31. The molecular formula is C15H18N2O2. The average Bonchev–Trinajstić information content (AvgIpc) is 2.77. The summed E-state index contributed by atoms with van der Waals surface area (Å²) in [6.45, 7) is 6.00. The molecule has 0 N–H and O–H groups in total. The minimum absolute atomic E-state index is 0.0231. The Morgan fingerprint density at radius 3 is 2.63 bits per heavy atom. The molecule has 1 saturated heterocycles. The van der Waals surface area contributed by atoms with Crippen molar-refractivity contribution >= 4 is 5.91 Å². The van der Waals surface area contributed by atoms with Crippen molar-refractivity contribution in [3.8, 4) is 11.8 Å². The summed E-state index contributed by atoms with van der Waals surface area (Å²) in [5.74, 6) is 0.640. The highest BCUT2D eigenvalue weighted by atomic mass is 16.5. The molecule has 1 aromatic rings. The van der Waals surface area contributed by atoms with E-state index in [0.717, 1.165) is 19.5 Å². The van der Waals surface area contributed by atoms with Crippen LogP contribution >= 0.6 is 0 Å². The maximum atomic E-state index is 12.0. The predicted molar refractivity (Wildman–Crippen MR) is 71.6 cm³/mol. The third kappa shape index (κ3) is 3.47. The van der Waals surface area contributed by atoms with Crippen molar-refractivity contribution in [3.63, 3.8) is 0 Å². The van der Waals surface area contributed by atoms with E-state index < -0.39 is 0 Å². The number of hydrogen-bond donors (Lipinski definition) is 0. The van der Waals surface area contributed by atoms with Crippen LogP contribution in [-0.2, 0) is 4.79 Å². The van der Waals surface area contributed by atoms with Crippen molar-refractivity contribution in [3.05, 3.63) is 29.8 Å². The van der Waals surface area contributed by atoms with Crippen molar-refractivity contribution in [2.45, 2.75) is 20.3 Å². The first-order valence-electron chi connectivity index (χ1n) is 6.41. The normalized spacial score (nSPS) is 17.0. The van der Waals surface area contributed by atoms with Gasteiger partial charge in [-0.2, -0.15) is 5.26 Å². The largest absolute Gasteiger partial charge is 0.484 e. The van der Waals surface area contributed by atoms with Gasteiger partial charge in [0.25, 0.3) is 5.91 Å². The lowest BCUT2D eigenvalue weighted by Gasteiger charge is -2.19. The van der Waals surface area contributed by atoms with E-state index in [1.807, 2.05) is 11.0 Å². The van der Waals surface area contributed by atoms with Gasteiger partial charge in [-0.05, 0) is 36.1 Å². The monoisotopic (exact) mass is 258 g/mol. The van der Waals surface area contributed by atoms with Gasteiger partial charge in [0.1, 0.15) is 5.75 Å². The van der Waals surface area contributed by atoms with E-state index >= 15 is 0 Å². The van der Waals surface area contributed by atoms with Crippen LogP contribution in [0.4, 0.5) is 0 Å². The predicted octanol–water partition coefficient (Wildman–Crippen LogP) is 2.20. The van der Waals surface area contributed by atoms with Crippen LogP contribution in [-0.4, -0.2) is 30.5 Å². The number of carbonyl (C=O) groups is 1. The van der Waals surface area contributed by atoms with Crippen LogP contribution in [0.2, 0.25) is 0 Å². The van der Waals surface area contributed by atoms with Gasteiger partial charge >= 0.3 is 0 Å². The van der Waals surface area contributed by atoms with Crippen LogP contribution in [0.15, 0.2) is 24.3 Å². The van der Waals surface area contributed by atoms with Gasteiger partial charge in [0, 0.05) is 13.1 Å². The smallest absolute Gasteiger partial charge is 0.260 e. The minimum atomic E-state index is 0.0231. The van der Waals surface area contributed by atoms with Gasteiger partial charge in [0.2, 0.25) is 0 Å². The zero-order chi connectivity index (χ0) is 13.9. The molecule has 1 fully saturated rings. The number of hydrogen-bond acceptors (Lipinski definition) is 3. The first kappa shape index (κ1) is 13.4. The Balaban J connectivity index is 1.85. The number of rotatable bonds is 3. The SMILES string of the molecule is CC1(C)CCN(C(=O)COc2ccc(C#N)cc2)C1. The summed E-state index contributed by atoms with van der Waals surface area (Å²) in [5, 5.41) is 8.69. The summed E-state index contributed by atoms with van der Waals surface area (Å²) < 4.78 is 5.45. The Hall–Kier alpha value is -2.02. The Bertz CT molecular complexity index is 500. The van der Waals surface area contributed by atoms with E-state index in [2.05, 4.69) is 13.8 Å². The van der Waals surface area contributed by atoms with Crippen molar-refractivity contribution in [2.24, 2.45) is 5.41 Å². The summed E-state index contributed by atoms with van der Waals surface area (Å²) in [7, 11) is 0. The Morgan fingerprint density at radius 1 is 1.42 bits per heavy atom. The number of ether oxygens (including phenoxy) is 1. The molecule has 2 rings (SSSR count). The fourth-order valence-corrected chi connectivity index (χ4v) is 2.19. The number of nitriles is 1. The molecule has 4 nitrogen and oxygen atoms in total. The molecule has 1 aromatic carbocycles. The van der Waals surface area contributed by atoms with E-state index in [9.17, 15) is 4.79 Å². The van der Waals surface area contributed by atoms with Gasteiger partial charge in [-0.25, -0.2) is 0 Å². The molecule has 0 saturated carbocycles. The fraction of sp³-hybridized carbons (Fsp3) is 0.467. The molecule has 0 spiro atoms. The van der Waals surface area contributed by atoms with Gasteiger partial charge in [0.15, 0.2) is 6.61 Å². The molecule has 0 radical (unpaired) electrons. The Morgan fingerprint density at radius 2 is 2.11 bits per heavy atom.